The number of rotatable bonds is 3. The normalized spacial score (nSPS) is 23.8. The van der Waals surface area contributed by atoms with Crippen LogP contribution in [-0.2, 0) is 16.0 Å². The highest BCUT2D eigenvalue weighted by atomic mass is 16.7. The van der Waals surface area contributed by atoms with Gasteiger partial charge in [-0.3, -0.25) is 4.68 Å². The van der Waals surface area contributed by atoms with Gasteiger partial charge in [-0.05, 0) is 12.5 Å². The first-order valence-corrected chi connectivity index (χ1v) is 6.75. The minimum atomic E-state index is -0.251. The maximum Gasteiger partial charge on any atom is 0.170 e. The van der Waals surface area contributed by atoms with E-state index in [1.54, 1.807) is 0 Å². The van der Waals surface area contributed by atoms with E-state index in [4.69, 9.17) is 9.47 Å². The zero-order valence-electron chi connectivity index (χ0n) is 11.0. The third-order valence-electron chi connectivity index (χ3n) is 3.84. The highest BCUT2D eigenvalue weighted by Gasteiger charge is 2.39. The van der Waals surface area contributed by atoms with E-state index in [9.17, 15) is 0 Å². The van der Waals surface area contributed by atoms with Gasteiger partial charge in [-0.1, -0.05) is 0 Å². The van der Waals surface area contributed by atoms with Crippen molar-refractivity contribution in [2.24, 2.45) is 0 Å². The van der Waals surface area contributed by atoms with Crippen LogP contribution in [0.3, 0.4) is 0 Å². The molecular formula is C13H21N3O2. The molecule has 1 aromatic rings. The second kappa shape index (κ2) is 4.99. The van der Waals surface area contributed by atoms with Crippen LogP contribution in [0.15, 0.2) is 12.4 Å². The standard InChI is InChI=1S/C13H21N3O2/c1-12-10-14-16(11-12)7-6-15-4-2-13(3-5-15)17-8-9-18-13/h10-11H,2-9H2,1H3. The first-order chi connectivity index (χ1) is 8.76. The Morgan fingerprint density at radius 1 is 1.22 bits per heavy atom. The molecule has 5 nitrogen and oxygen atoms in total. The number of ether oxygens (including phenoxy) is 2. The number of aryl methyl sites for hydroxylation is 1. The molecule has 0 radical (unpaired) electrons. The molecule has 1 aromatic heterocycles. The third-order valence-corrected chi connectivity index (χ3v) is 3.84. The Morgan fingerprint density at radius 2 is 1.94 bits per heavy atom. The molecule has 0 unspecified atom stereocenters. The zero-order valence-corrected chi connectivity index (χ0v) is 11.0. The second-order valence-corrected chi connectivity index (χ2v) is 5.23. The topological polar surface area (TPSA) is 39.5 Å². The molecule has 0 aromatic carbocycles. The van der Waals surface area contributed by atoms with Crippen molar-refractivity contribution in [1.29, 1.82) is 0 Å². The van der Waals surface area contributed by atoms with Crippen LogP contribution >= 0.6 is 0 Å². The van der Waals surface area contributed by atoms with Gasteiger partial charge in [0, 0.05) is 38.7 Å². The van der Waals surface area contributed by atoms with Crippen molar-refractivity contribution >= 4 is 0 Å². The minimum Gasteiger partial charge on any atom is -0.347 e. The number of hydrogen-bond acceptors (Lipinski definition) is 4. The summed E-state index contributed by atoms with van der Waals surface area (Å²) in [6, 6.07) is 0. The molecule has 1 spiro atoms. The van der Waals surface area contributed by atoms with E-state index < -0.39 is 0 Å². The van der Waals surface area contributed by atoms with Crippen LogP contribution < -0.4 is 0 Å². The summed E-state index contributed by atoms with van der Waals surface area (Å²) in [5.41, 5.74) is 1.22. The van der Waals surface area contributed by atoms with Crippen molar-refractivity contribution < 1.29 is 9.47 Å². The van der Waals surface area contributed by atoms with Crippen LogP contribution in [0, 0.1) is 6.92 Å². The van der Waals surface area contributed by atoms with Gasteiger partial charge in [-0.2, -0.15) is 5.10 Å². The van der Waals surface area contributed by atoms with Crippen molar-refractivity contribution in [3.8, 4) is 0 Å². The molecule has 18 heavy (non-hydrogen) atoms. The van der Waals surface area contributed by atoms with Gasteiger partial charge in [0.25, 0.3) is 0 Å². The third kappa shape index (κ3) is 2.58. The Balaban J connectivity index is 1.45. The monoisotopic (exact) mass is 251 g/mol. The van der Waals surface area contributed by atoms with Crippen molar-refractivity contribution in [3.05, 3.63) is 18.0 Å². The first kappa shape index (κ1) is 12.1. The highest BCUT2D eigenvalue weighted by Crippen LogP contribution is 2.30. The largest absolute Gasteiger partial charge is 0.347 e. The molecule has 0 bridgehead atoms. The molecule has 2 aliphatic heterocycles. The fourth-order valence-electron chi connectivity index (χ4n) is 2.74. The Morgan fingerprint density at radius 3 is 2.56 bits per heavy atom. The summed E-state index contributed by atoms with van der Waals surface area (Å²) in [5.74, 6) is -0.251. The lowest BCUT2D eigenvalue weighted by molar-refractivity contribution is -0.185. The molecule has 2 fully saturated rings. The van der Waals surface area contributed by atoms with Crippen LogP contribution in [0.5, 0.6) is 0 Å². The number of hydrogen-bond donors (Lipinski definition) is 0. The number of nitrogens with zero attached hydrogens (tertiary/aromatic N) is 3. The van der Waals surface area contributed by atoms with E-state index in [-0.39, 0.29) is 5.79 Å². The second-order valence-electron chi connectivity index (χ2n) is 5.23. The van der Waals surface area contributed by atoms with E-state index in [2.05, 4.69) is 23.1 Å². The van der Waals surface area contributed by atoms with Gasteiger partial charge in [0.15, 0.2) is 5.79 Å². The summed E-state index contributed by atoms with van der Waals surface area (Å²) in [6.07, 6.45) is 5.98. The molecule has 3 rings (SSSR count). The summed E-state index contributed by atoms with van der Waals surface area (Å²) >= 11 is 0. The molecule has 0 N–H and O–H groups in total. The van der Waals surface area contributed by atoms with Gasteiger partial charge >= 0.3 is 0 Å². The predicted octanol–water partition coefficient (Wildman–Crippen LogP) is 1.03. The lowest BCUT2D eigenvalue weighted by atomic mass is 10.0. The lowest BCUT2D eigenvalue weighted by Gasteiger charge is -2.37. The summed E-state index contributed by atoms with van der Waals surface area (Å²) < 4.78 is 13.5. The summed E-state index contributed by atoms with van der Waals surface area (Å²) in [5, 5.41) is 4.31. The first-order valence-electron chi connectivity index (χ1n) is 6.75. The summed E-state index contributed by atoms with van der Waals surface area (Å²) in [6.45, 7) is 7.71. The average molecular weight is 251 g/mol. The number of aromatic nitrogens is 2. The lowest BCUT2D eigenvalue weighted by Crippen LogP contribution is -2.45. The van der Waals surface area contributed by atoms with Gasteiger partial charge in [0.05, 0.1) is 26.0 Å². The van der Waals surface area contributed by atoms with Gasteiger partial charge in [0.2, 0.25) is 0 Å². The molecule has 3 heterocycles. The van der Waals surface area contributed by atoms with Gasteiger partial charge in [-0.25, -0.2) is 0 Å². The molecular weight excluding hydrogens is 230 g/mol. The van der Waals surface area contributed by atoms with Crippen LogP contribution in [0.4, 0.5) is 0 Å². The van der Waals surface area contributed by atoms with Crippen LogP contribution in [-0.4, -0.2) is 53.3 Å². The van der Waals surface area contributed by atoms with Crippen molar-refractivity contribution in [2.45, 2.75) is 32.1 Å². The Labute approximate surface area is 108 Å². The SMILES string of the molecule is Cc1cnn(CCN2CCC3(CC2)OCCO3)c1. The van der Waals surface area contributed by atoms with E-state index in [0.29, 0.717) is 0 Å². The number of piperidine rings is 1. The molecule has 0 atom stereocenters. The molecule has 100 valence electrons. The van der Waals surface area contributed by atoms with Crippen molar-refractivity contribution in [3.63, 3.8) is 0 Å². The fourth-order valence-corrected chi connectivity index (χ4v) is 2.74. The fraction of sp³-hybridized carbons (Fsp3) is 0.769. The highest BCUT2D eigenvalue weighted by molar-refractivity contribution is 4.99. The molecule has 5 heteroatoms. The van der Waals surface area contributed by atoms with E-state index >= 15 is 0 Å². The van der Waals surface area contributed by atoms with Crippen LogP contribution in [0.2, 0.25) is 0 Å². The maximum atomic E-state index is 5.73. The molecule has 2 aliphatic rings. The number of likely N-dealkylation sites (tertiary alicyclic amines) is 1. The smallest absolute Gasteiger partial charge is 0.170 e. The average Bonchev–Trinajstić information content (AvgIpc) is 2.99. The van der Waals surface area contributed by atoms with Gasteiger partial charge in [0.1, 0.15) is 0 Å². The zero-order chi connectivity index (χ0) is 12.4. The van der Waals surface area contributed by atoms with Crippen LogP contribution in [0.1, 0.15) is 18.4 Å². The van der Waals surface area contributed by atoms with E-state index in [1.807, 2.05) is 10.9 Å². The molecule has 0 aliphatic carbocycles. The summed E-state index contributed by atoms with van der Waals surface area (Å²) in [4.78, 5) is 2.47. The Kier molecular flexibility index (Phi) is 3.37. The van der Waals surface area contributed by atoms with E-state index in [1.165, 1.54) is 5.56 Å². The Bertz CT molecular complexity index is 389. The quantitative estimate of drug-likeness (QED) is 0.804. The van der Waals surface area contributed by atoms with Gasteiger partial charge < -0.3 is 14.4 Å². The molecule has 0 saturated carbocycles. The predicted molar refractivity (Wildman–Crippen MR) is 67.3 cm³/mol. The maximum absolute atomic E-state index is 5.73. The van der Waals surface area contributed by atoms with Gasteiger partial charge in [-0.15, -0.1) is 0 Å². The van der Waals surface area contributed by atoms with Crippen LogP contribution in [0.25, 0.3) is 0 Å². The van der Waals surface area contributed by atoms with E-state index in [0.717, 1.165) is 52.2 Å². The Hall–Kier alpha value is -0.910. The molecule has 2 saturated heterocycles. The minimum absolute atomic E-state index is 0.251. The summed E-state index contributed by atoms with van der Waals surface area (Å²) in [7, 11) is 0. The van der Waals surface area contributed by atoms with Crippen molar-refractivity contribution in [2.75, 3.05) is 32.8 Å². The van der Waals surface area contributed by atoms with Crippen molar-refractivity contribution in [1.82, 2.24) is 14.7 Å². The molecule has 0 amide bonds.